The van der Waals surface area contributed by atoms with Crippen LogP contribution in [-0.4, -0.2) is 43.8 Å². The number of aryl methyl sites for hydroxylation is 1. The summed E-state index contributed by atoms with van der Waals surface area (Å²) in [4.78, 5) is 42.5. The van der Waals surface area contributed by atoms with Gasteiger partial charge in [-0.25, -0.2) is 4.98 Å². The van der Waals surface area contributed by atoms with Gasteiger partial charge in [0.15, 0.2) is 0 Å². The van der Waals surface area contributed by atoms with E-state index >= 15 is 0 Å². The predicted octanol–water partition coefficient (Wildman–Crippen LogP) is 2.96. The minimum Gasteiger partial charge on any atom is -0.343 e. The Balaban J connectivity index is 1.32. The van der Waals surface area contributed by atoms with Gasteiger partial charge in [0.2, 0.25) is 5.91 Å². The molecule has 0 radical (unpaired) electrons. The number of pyridine rings is 2. The van der Waals surface area contributed by atoms with E-state index in [1.807, 2.05) is 35.2 Å². The zero-order chi connectivity index (χ0) is 20.8. The van der Waals surface area contributed by atoms with Crippen molar-refractivity contribution in [3.05, 3.63) is 76.7 Å². The number of hydrogen-bond donors (Lipinski definition) is 1. The van der Waals surface area contributed by atoms with Gasteiger partial charge in [-0.15, -0.1) is 0 Å². The number of H-pyrrole nitrogens is 1. The summed E-state index contributed by atoms with van der Waals surface area (Å²) in [6.45, 7) is 1.38. The number of carbonyl (C=O) groups excluding carboxylic acids is 1. The Morgan fingerprint density at radius 3 is 2.60 bits per heavy atom. The van der Waals surface area contributed by atoms with Gasteiger partial charge in [-0.2, -0.15) is 0 Å². The molecule has 1 amide bonds. The third kappa shape index (κ3) is 4.97. The van der Waals surface area contributed by atoms with Gasteiger partial charge >= 0.3 is 0 Å². The number of likely N-dealkylation sites (tertiary alicyclic amines) is 1. The Kier molecular flexibility index (Phi) is 6.27. The van der Waals surface area contributed by atoms with Gasteiger partial charge in [-0.3, -0.25) is 19.6 Å². The molecule has 0 aromatic carbocycles. The van der Waals surface area contributed by atoms with Crippen molar-refractivity contribution < 1.29 is 4.79 Å². The average Bonchev–Trinajstić information content (AvgIpc) is 2.80. The second kappa shape index (κ2) is 9.43. The number of carbonyl (C=O) groups is 1. The Labute approximate surface area is 175 Å². The van der Waals surface area contributed by atoms with Crippen molar-refractivity contribution in [3.8, 4) is 11.4 Å². The fourth-order valence-electron chi connectivity index (χ4n) is 3.87. The zero-order valence-electron chi connectivity index (χ0n) is 16.8. The standard InChI is InChI=1S/C23H25N5O2/c29-21-16-20(19-5-1-2-11-25-19)26-23(27-21)18-9-14-28(15-10-18)22(30)6-3-4-17-7-12-24-13-8-17/h1-2,5,7-8,11-13,16,18H,3-4,6,9-10,14-15H2,(H,26,27,29). The number of hydrogen-bond acceptors (Lipinski definition) is 5. The first kappa shape index (κ1) is 19.9. The monoisotopic (exact) mass is 403 g/mol. The highest BCUT2D eigenvalue weighted by molar-refractivity contribution is 5.76. The SMILES string of the molecule is O=C(CCCc1ccncc1)N1CCC(c2nc(-c3ccccn3)cc(=O)[nH]2)CC1. The Morgan fingerprint density at radius 2 is 1.87 bits per heavy atom. The molecule has 1 aliphatic heterocycles. The predicted molar refractivity (Wildman–Crippen MR) is 114 cm³/mol. The van der Waals surface area contributed by atoms with Crippen molar-refractivity contribution in [2.45, 2.75) is 38.0 Å². The molecule has 154 valence electrons. The number of aromatic nitrogens is 4. The fraction of sp³-hybridized carbons (Fsp3) is 0.348. The first-order chi connectivity index (χ1) is 14.7. The van der Waals surface area contributed by atoms with E-state index < -0.39 is 0 Å². The molecule has 1 fully saturated rings. The quantitative estimate of drug-likeness (QED) is 0.683. The lowest BCUT2D eigenvalue weighted by atomic mass is 9.95. The Bertz CT molecular complexity index is 1030. The van der Waals surface area contributed by atoms with E-state index in [0.29, 0.717) is 36.7 Å². The van der Waals surface area contributed by atoms with Crippen LogP contribution in [0.25, 0.3) is 11.4 Å². The van der Waals surface area contributed by atoms with Gasteiger partial charge in [-0.1, -0.05) is 6.07 Å². The highest BCUT2D eigenvalue weighted by Gasteiger charge is 2.25. The lowest BCUT2D eigenvalue weighted by molar-refractivity contribution is -0.132. The van der Waals surface area contributed by atoms with E-state index in [4.69, 9.17) is 0 Å². The van der Waals surface area contributed by atoms with Crippen LogP contribution in [0.2, 0.25) is 0 Å². The molecule has 1 aliphatic rings. The van der Waals surface area contributed by atoms with Crippen LogP contribution < -0.4 is 5.56 Å². The van der Waals surface area contributed by atoms with Gasteiger partial charge in [0.25, 0.3) is 5.56 Å². The molecule has 7 heteroatoms. The summed E-state index contributed by atoms with van der Waals surface area (Å²) in [6.07, 6.45) is 9.12. The van der Waals surface area contributed by atoms with Crippen molar-refractivity contribution in [1.29, 1.82) is 0 Å². The van der Waals surface area contributed by atoms with E-state index in [1.165, 1.54) is 11.6 Å². The van der Waals surface area contributed by atoms with E-state index in [0.717, 1.165) is 25.7 Å². The lowest BCUT2D eigenvalue weighted by Gasteiger charge is -2.31. The number of amides is 1. The van der Waals surface area contributed by atoms with E-state index in [9.17, 15) is 9.59 Å². The summed E-state index contributed by atoms with van der Waals surface area (Å²) in [5, 5.41) is 0. The number of nitrogens with one attached hydrogen (secondary N) is 1. The second-order valence-corrected chi connectivity index (χ2v) is 7.59. The van der Waals surface area contributed by atoms with Gasteiger partial charge in [0, 0.05) is 50.1 Å². The van der Waals surface area contributed by atoms with Crippen molar-refractivity contribution >= 4 is 5.91 Å². The molecule has 0 atom stereocenters. The highest BCUT2D eigenvalue weighted by Crippen LogP contribution is 2.26. The minimum atomic E-state index is -0.171. The molecule has 1 N–H and O–H groups in total. The maximum absolute atomic E-state index is 12.6. The minimum absolute atomic E-state index is 0.141. The van der Waals surface area contributed by atoms with Crippen LogP contribution >= 0.6 is 0 Å². The molecular weight excluding hydrogens is 378 g/mol. The maximum Gasteiger partial charge on any atom is 0.251 e. The number of piperidine rings is 1. The lowest BCUT2D eigenvalue weighted by Crippen LogP contribution is -2.38. The summed E-state index contributed by atoms with van der Waals surface area (Å²) in [5.74, 6) is 1.03. The summed E-state index contributed by atoms with van der Waals surface area (Å²) in [7, 11) is 0. The molecule has 0 spiro atoms. The van der Waals surface area contributed by atoms with Crippen molar-refractivity contribution in [2.24, 2.45) is 0 Å². The molecule has 30 heavy (non-hydrogen) atoms. The summed E-state index contributed by atoms with van der Waals surface area (Å²) >= 11 is 0. The van der Waals surface area contributed by atoms with Crippen molar-refractivity contribution in [2.75, 3.05) is 13.1 Å². The molecule has 3 aromatic heterocycles. The maximum atomic E-state index is 12.6. The molecule has 4 rings (SSSR count). The Hall–Kier alpha value is -3.35. The molecular formula is C23H25N5O2. The first-order valence-electron chi connectivity index (χ1n) is 10.4. The molecule has 0 saturated carbocycles. The number of nitrogens with zero attached hydrogens (tertiary/aromatic N) is 4. The van der Waals surface area contributed by atoms with Gasteiger partial charge in [0.1, 0.15) is 5.82 Å². The molecule has 0 unspecified atom stereocenters. The average molecular weight is 403 g/mol. The third-order valence-electron chi connectivity index (χ3n) is 5.53. The molecule has 1 saturated heterocycles. The van der Waals surface area contributed by atoms with Gasteiger partial charge in [0.05, 0.1) is 11.4 Å². The van der Waals surface area contributed by atoms with Crippen LogP contribution in [-0.2, 0) is 11.2 Å². The smallest absolute Gasteiger partial charge is 0.251 e. The van der Waals surface area contributed by atoms with Gasteiger partial charge < -0.3 is 9.88 Å². The van der Waals surface area contributed by atoms with Crippen LogP contribution in [0, 0.1) is 0 Å². The van der Waals surface area contributed by atoms with Crippen molar-refractivity contribution in [1.82, 2.24) is 24.8 Å². The normalized spacial score (nSPS) is 14.6. The van der Waals surface area contributed by atoms with Crippen LogP contribution in [0.5, 0.6) is 0 Å². The largest absolute Gasteiger partial charge is 0.343 e. The van der Waals surface area contributed by atoms with Crippen LogP contribution in [0.4, 0.5) is 0 Å². The van der Waals surface area contributed by atoms with E-state index in [2.05, 4.69) is 19.9 Å². The summed E-state index contributed by atoms with van der Waals surface area (Å²) in [5.41, 5.74) is 2.31. The first-order valence-corrected chi connectivity index (χ1v) is 10.4. The highest BCUT2D eigenvalue weighted by atomic mass is 16.2. The van der Waals surface area contributed by atoms with Crippen molar-refractivity contribution in [3.63, 3.8) is 0 Å². The van der Waals surface area contributed by atoms with Crippen LogP contribution in [0.15, 0.2) is 59.8 Å². The Morgan fingerprint density at radius 1 is 1.07 bits per heavy atom. The van der Waals surface area contributed by atoms with Crippen LogP contribution in [0.3, 0.4) is 0 Å². The number of rotatable bonds is 6. The van der Waals surface area contributed by atoms with Gasteiger partial charge in [-0.05, 0) is 55.5 Å². The zero-order valence-corrected chi connectivity index (χ0v) is 16.8. The van der Waals surface area contributed by atoms with E-state index in [-0.39, 0.29) is 17.4 Å². The second-order valence-electron chi connectivity index (χ2n) is 7.59. The molecule has 4 heterocycles. The topological polar surface area (TPSA) is 91.8 Å². The molecule has 7 nitrogen and oxygen atoms in total. The summed E-state index contributed by atoms with van der Waals surface area (Å²) in [6, 6.07) is 11.0. The fourth-order valence-corrected chi connectivity index (χ4v) is 3.87. The van der Waals surface area contributed by atoms with E-state index in [1.54, 1.807) is 18.6 Å². The third-order valence-corrected chi connectivity index (χ3v) is 5.53. The molecule has 0 bridgehead atoms. The van der Waals surface area contributed by atoms with Crippen LogP contribution in [0.1, 0.15) is 43.0 Å². The molecule has 3 aromatic rings. The summed E-state index contributed by atoms with van der Waals surface area (Å²) < 4.78 is 0. The number of aromatic amines is 1. The molecule has 0 aliphatic carbocycles.